The molecule has 2 heterocycles. The van der Waals surface area contributed by atoms with Crippen molar-refractivity contribution in [3.05, 3.63) is 40.7 Å². The van der Waals surface area contributed by atoms with Gasteiger partial charge in [0.15, 0.2) is 11.5 Å². The maximum absolute atomic E-state index is 13.0. The molecule has 0 radical (unpaired) electrons. The van der Waals surface area contributed by atoms with Crippen LogP contribution in [0.3, 0.4) is 0 Å². The predicted molar refractivity (Wildman–Crippen MR) is 114 cm³/mol. The molecule has 1 aliphatic rings. The van der Waals surface area contributed by atoms with Gasteiger partial charge in [-0.05, 0) is 45.4 Å². The van der Waals surface area contributed by atoms with Gasteiger partial charge in [-0.3, -0.25) is 9.59 Å². The number of benzene rings is 1. The van der Waals surface area contributed by atoms with Gasteiger partial charge in [0.2, 0.25) is 5.91 Å². The lowest BCUT2D eigenvalue weighted by molar-refractivity contribution is -0.116. The molecule has 0 fully saturated rings. The summed E-state index contributed by atoms with van der Waals surface area (Å²) >= 11 is 0. The van der Waals surface area contributed by atoms with Crippen LogP contribution in [0.2, 0.25) is 0 Å². The van der Waals surface area contributed by atoms with E-state index in [0.717, 1.165) is 0 Å². The molecule has 0 bridgehead atoms. The number of nitrogens with zero attached hydrogens (tertiary/aromatic N) is 1. The third-order valence-electron chi connectivity index (χ3n) is 4.96. The van der Waals surface area contributed by atoms with E-state index < -0.39 is 5.97 Å². The van der Waals surface area contributed by atoms with Crippen LogP contribution in [-0.2, 0) is 9.53 Å². The van der Waals surface area contributed by atoms with Gasteiger partial charge in [-0.1, -0.05) is 0 Å². The van der Waals surface area contributed by atoms with E-state index in [1.807, 2.05) is 0 Å². The first-order valence-corrected chi connectivity index (χ1v) is 10.2. The molecule has 0 aliphatic carbocycles. The van der Waals surface area contributed by atoms with Gasteiger partial charge in [0, 0.05) is 24.0 Å². The molecule has 0 atom stereocenters. The maximum Gasteiger partial charge on any atom is 0.340 e. The van der Waals surface area contributed by atoms with Gasteiger partial charge in [-0.25, -0.2) is 4.79 Å². The van der Waals surface area contributed by atoms with Crippen LogP contribution in [0.25, 0.3) is 0 Å². The third-order valence-corrected chi connectivity index (χ3v) is 4.96. The Kier molecular flexibility index (Phi) is 6.84. The maximum atomic E-state index is 13.0. The highest BCUT2D eigenvalue weighted by molar-refractivity contribution is 6.02. The summed E-state index contributed by atoms with van der Waals surface area (Å²) in [5.74, 6) is 0.00246. The zero-order valence-electron chi connectivity index (χ0n) is 18.2. The van der Waals surface area contributed by atoms with E-state index in [0.29, 0.717) is 53.8 Å². The van der Waals surface area contributed by atoms with E-state index in [4.69, 9.17) is 14.2 Å². The van der Waals surface area contributed by atoms with Crippen LogP contribution in [0.5, 0.6) is 11.5 Å². The van der Waals surface area contributed by atoms with E-state index >= 15 is 0 Å². The first kappa shape index (κ1) is 22.2. The van der Waals surface area contributed by atoms with Gasteiger partial charge >= 0.3 is 5.97 Å². The fraction of sp³-hybridized carbons (Fsp3) is 0.409. The quantitative estimate of drug-likeness (QED) is 0.655. The van der Waals surface area contributed by atoms with Crippen molar-refractivity contribution < 1.29 is 28.6 Å². The van der Waals surface area contributed by atoms with Crippen molar-refractivity contribution >= 4 is 23.5 Å². The second kappa shape index (κ2) is 9.55. The topological polar surface area (TPSA) is 110 Å². The molecule has 2 N–H and O–H groups in total. The van der Waals surface area contributed by atoms with E-state index in [-0.39, 0.29) is 30.7 Å². The number of H-pyrrole nitrogens is 1. The van der Waals surface area contributed by atoms with Gasteiger partial charge in [0.05, 0.1) is 12.2 Å². The van der Waals surface area contributed by atoms with Crippen molar-refractivity contribution in [1.82, 2.24) is 9.88 Å². The molecule has 2 amide bonds. The zero-order chi connectivity index (χ0) is 22.5. The van der Waals surface area contributed by atoms with Crippen LogP contribution in [0.4, 0.5) is 5.69 Å². The molecule has 9 nitrogen and oxygen atoms in total. The van der Waals surface area contributed by atoms with Crippen molar-refractivity contribution in [3.63, 3.8) is 0 Å². The highest BCUT2D eigenvalue weighted by atomic mass is 16.6. The van der Waals surface area contributed by atoms with Crippen LogP contribution in [-0.4, -0.2) is 60.6 Å². The average molecular weight is 429 g/mol. The number of nitrogens with one attached hydrogen (secondary N) is 2. The van der Waals surface area contributed by atoms with E-state index in [1.165, 1.54) is 4.90 Å². The standard InChI is InChI=1S/C22H27N3O6/c1-5-25(21(27)20-13(3)19(14(4)23-20)22(28)29-6-2)12-18(26)24-15-7-8-16-17(11-15)31-10-9-30-16/h7-8,11,23H,5-6,9-10,12H2,1-4H3,(H,24,26). The minimum Gasteiger partial charge on any atom is -0.486 e. The number of amides is 2. The van der Waals surface area contributed by atoms with Gasteiger partial charge in [-0.2, -0.15) is 0 Å². The van der Waals surface area contributed by atoms with Crippen molar-refractivity contribution in [3.8, 4) is 11.5 Å². The molecule has 1 aromatic heterocycles. The molecule has 0 spiro atoms. The number of hydrogen-bond acceptors (Lipinski definition) is 6. The number of likely N-dealkylation sites (N-methyl/N-ethyl adjacent to an activating group) is 1. The number of rotatable bonds is 7. The van der Waals surface area contributed by atoms with Crippen LogP contribution >= 0.6 is 0 Å². The number of aromatic nitrogens is 1. The lowest BCUT2D eigenvalue weighted by Crippen LogP contribution is -2.38. The van der Waals surface area contributed by atoms with E-state index in [1.54, 1.807) is 45.9 Å². The predicted octanol–water partition coefficient (Wildman–Crippen LogP) is 2.68. The van der Waals surface area contributed by atoms with E-state index in [9.17, 15) is 14.4 Å². The number of fused-ring (bicyclic) bond motifs is 1. The van der Waals surface area contributed by atoms with Crippen LogP contribution < -0.4 is 14.8 Å². The lowest BCUT2D eigenvalue weighted by atomic mass is 10.1. The SMILES string of the molecule is CCOC(=O)c1c(C)[nH]c(C(=O)N(CC)CC(=O)Nc2ccc3c(c2)OCCO3)c1C. The van der Waals surface area contributed by atoms with Gasteiger partial charge in [-0.15, -0.1) is 0 Å². The third kappa shape index (κ3) is 4.82. The second-order valence-electron chi connectivity index (χ2n) is 7.07. The Labute approximate surface area is 180 Å². The number of hydrogen-bond donors (Lipinski definition) is 2. The van der Waals surface area contributed by atoms with Gasteiger partial charge in [0.25, 0.3) is 5.91 Å². The summed E-state index contributed by atoms with van der Waals surface area (Å²) in [5.41, 5.74) is 2.23. The molecule has 1 aliphatic heterocycles. The number of carbonyl (C=O) groups excluding carboxylic acids is 3. The van der Waals surface area contributed by atoms with Crippen molar-refractivity contribution in [2.45, 2.75) is 27.7 Å². The first-order valence-electron chi connectivity index (χ1n) is 10.2. The molecular weight excluding hydrogens is 402 g/mol. The fourth-order valence-corrected chi connectivity index (χ4v) is 3.45. The number of ether oxygens (including phenoxy) is 3. The smallest absolute Gasteiger partial charge is 0.340 e. The number of esters is 1. The Balaban J connectivity index is 1.71. The molecule has 9 heteroatoms. The Bertz CT molecular complexity index is 997. The molecule has 166 valence electrons. The summed E-state index contributed by atoms with van der Waals surface area (Å²) < 4.78 is 16.1. The first-order chi connectivity index (χ1) is 14.8. The molecule has 0 saturated heterocycles. The average Bonchev–Trinajstić information content (AvgIpc) is 3.05. The second-order valence-corrected chi connectivity index (χ2v) is 7.07. The minimum atomic E-state index is -0.479. The van der Waals surface area contributed by atoms with Gasteiger partial charge < -0.3 is 29.4 Å². The summed E-state index contributed by atoms with van der Waals surface area (Å²) in [4.78, 5) is 42.2. The van der Waals surface area contributed by atoms with E-state index in [2.05, 4.69) is 10.3 Å². The molecule has 2 aromatic rings. The summed E-state index contributed by atoms with van der Waals surface area (Å²) in [6.07, 6.45) is 0. The zero-order valence-corrected chi connectivity index (χ0v) is 18.2. The molecule has 0 saturated carbocycles. The summed E-state index contributed by atoms with van der Waals surface area (Å²) in [6, 6.07) is 5.14. The molecule has 31 heavy (non-hydrogen) atoms. The number of carbonyl (C=O) groups is 3. The largest absolute Gasteiger partial charge is 0.486 e. The number of anilines is 1. The Morgan fingerprint density at radius 3 is 2.52 bits per heavy atom. The number of aryl methyl sites for hydroxylation is 1. The Morgan fingerprint density at radius 1 is 1.13 bits per heavy atom. The summed E-state index contributed by atoms with van der Waals surface area (Å²) in [6.45, 7) is 8.26. The highest BCUT2D eigenvalue weighted by Crippen LogP contribution is 2.32. The molecule has 1 aromatic carbocycles. The lowest BCUT2D eigenvalue weighted by Gasteiger charge is -2.21. The summed E-state index contributed by atoms with van der Waals surface area (Å²) in [7, 11) is 0. The van der Waals surface area contributed by atoms with Crippen molar-refractivity contribution in [2.75, 3.05) is 38.2 Å². The van der Waals surface area contributed by atoms with Crippen LogP contribution in [0.1, 0.15) is 46.0 Å². The normalized spacial score (nSPS) is 12.3. The Morgan fingerprint density at radius 2 is 1.84 bits per heavy atom. The fourth-order valence-electron chi connectivity index (χ4n) is 3.45. The van der Waals surface area contributed by atoms with Crippen molar-refractivity contribution in [1.29, 1.82) is 0 Å². The molecule has 3 rings (SSSR count). The number of aromatic amines is 1. The molecule has 0 unspecified atom stereocenters. The van der Waals surface area contributed by atoms with Crippen molar-refractivity contribution in [2.24, 2.45) is 0 Å². The van der Waals surface area contributed by atoms with Crippen LogP contribution in [0.15, 0.2) is 18.2 Å². The molecular formula is C22H27N3O6. The highest BCUT2D eigenvalue weighted by Gasteiger charge is 2.26. The Hall–Kier alpha value is -3.49. The summed E-state index contributed by atoms with van der Waals surface area (Å²) in [5, 5.41) is 2.78. The van der Waals surface area contributed by atoms with Crippen LogP contribution in [0, 0.1) is 13.8 Å². The van der Waals surface area contributed by atoms with Gasteiger partial charge in [0.1, 0.15) is 25.5 Å². The minimum absolute atomic E-state index is 0.143. The monoisotopic (exact) mass is 429 g/mol.